The van der Waals surface area contributed by atoms with Gasteiger partial charge in [0, 0.05) is 6.07 Å². The molecule has 8 nitrogen and oxygen atoms in total. The summed E-state index contributed by atoms with van der Waals surface area (Å²) in [5.74, 6) is -1.61. The highest BCUT2D eigenvalue weighted by Gasteiger charge is 2.32. The third-order valence-electron chi connectivity index (χ3n) is 2.19. The van der Waals surface area contributed by atoms with E-state index in [-0.39, 0.29) is 12.1 Å². The van der Waals surface area contributed by atoms with Crippen LogP contribution in [0.3, 0.4) is 0 Å². The molecule has 0 aromatic carbocycles. The van der Waals surface area contributed by atoms with Crippen LogP contribution < -0.4 is 16.2 Å². The molecule has 88 valence electrons. The van der Waals surface area contributed by atoms with Crippen molar-refractivity contribution in [2.75, 3.05) is 0 Å². The van der Waals surface area contributed by atoms with Crippen LogP contribution in [0.2, 0.25) is 0 Å². The van der Waals surface area contributed by atoms with E-state index in [1.807, 2.05) is 0 Å². The average molecular weight is 236 g/mol. The zero-order valence-corrected chi connectivity index (χ0v) is 8.52. The lowest BCUT2D eigenvalue weighted by atomic mass is 10.2. The Morgan fingerprint density at radius 3 is 2.65 bits per heavy atom. The molecule has 17 heavy (non-hydrogen) atoms. The van der Waals surface area contributed by atoms with E-state index in [1.54, 1.807) is 0 Å². The van der Waals surface area contributed by atoms with E-state index in [0.29, 0.717) is 0 Å². The van der Waals surface area contributed by atoms with E-state index >= 15 is 0 Å². The van der Waals surface area contributed by atoms with Crippen LogP contribution in [0.5, 0.6) is 0 Å². The monoisotopic (exact) mass is 236 g/mol. The van der Waals surface area contributed by atoms with Gasteiger partial charge in [0.05, 0.1) is 6.42 Å². The Balaban J connectivity index is 2.07. The highest BCUT2D eigenvalue weighted by atomic mass is 16.2. The van der Waals surface area contributed by atoms with Gasteiger partial charge < -0.3 is 5.32 Å². The Labute approximate surface area is 94.4 Å². The van der Waals surface area contributed by atoms with Gasteiger partial charge in [0.2, 0.25) is 11.8 Å². The van der Waals surface area contributed by atoms with Crippen LogP contribution in [0, 0.1) is 0 Å². The SMILES string of the molecule is O=C1CC(NC(=O)c2ccc(=O)[nH]n2)C(=O)N1. The summed E-state index contributed by atoms with van der Waals surface area (Å²) < 4.78 is 0. The second-order valence-electron chi connectivity index (χ2n) is 3.45. The zero-order valence-electron chi connectivity index (χ0n) is 8.52. The highest BCUT2D eigenvalue weighted by Crippen LogP contribution is 2.02. The van der Waals surface area contributed by atoms with E-state index in [9.17, 15) is 19.2 Å². The van der Waals surface area contributed by atoms with Gasteiger partial charge in [0.15, 0.2) is 0 Å². The average Bonchev–Trinajstić information content (AvgIpc) is 2.58. The summed E-state index contributed by atoms with van der Waals surface area (Å²) in [5, 5.41) is 9.99. The molecule has 0 aliphatic carbocycles. The molecule has 1 aromatic rings. The minimum Gasteiger partial charge on any atom is -0.338 e. The van der Waals surface area contributed by atoms with E-state index in [4.69, 9.17) is 0 Å². The van der Waals surface area contributed by atoms with Crippen molar-refractivity contribution < 1.29 is 14.4 Å². The van der Waals surface area contributed by atoms with Crippen LogP contribution in [-0.2, 0) is 9.59 Å². The first-order chi connectivity index (χ1) is 8.06. The summed E-state index contributed by atoms with van der Waals surface area (Å²) in [7, 11) is 0. The van der Waals surface area contributed by atoms with E-state index in [1.165, 1.54) is 6.07 Å². The predicted molar refractivity (Wildman–Crippen MR) is 53.9 cm³/mol. The number of amides is 3. The fourth-order valence-electron chi connectivity index (χ4n) is 1.37. The summed E-state index contributed by atoms with van der Waals surface area (Å²) in [6.07, 6.45) is -0.0894. The van der Waals surface area contributed by atoms with Crippen LogP contribution in [-0.4, -0.2) is 34.0 Å². The maximum atomic E-state index is 11.6. The molecule has 3 amide bonds. The second kappa shape index (κ2) is 4.16. The molecule has 0 saturated carbocycles. The minimum atomic E-state index is -0.885. The Kier molecular flexibility index (Phi) is 2.69. The van der Waals surface area contributed by atoms with Crippen LogP contribution in [0.15, 0.2) is 16.9 Å². The highest BCUT2D eigenvalue weighted by molar-refractivity contribution is 6.07. The van der Waals surface area contributed by atoms with Crippen LogP contribution in [0.25, 0.3) is 0 Å². The van der Waals surface area contributed by atoms with Gasteiger partial charge in [-0.25, -0.2) is 5.10 Å². The van der Waals surface area contributed by atoms with E-state index in [2.05, 4.69) is 20.8 Å². The molecule has 0 spiro atoms. The third-order valence-corrected chi connectivity index (χ3v) is 2.19. The third kappa shape index (κ3) is 2.36. The number of carbonyl (C=O) groups is 3. The molecule has 1 saturated heterocycles. The van der Waals surface area contributed by atoms with Crippen molar-refractivity contribution in [2.45, 2.75) is 12.5 Å². The maximum Gasteiger partial charge on any atom is 0.272 e. The smallest absolute Gasteiger partial charge is 0.272 e. The number of aromatic nitrogens is 2. The molecular weight excluding hydrogens is 228 g/mol. The van der Waals surface area contributed by atoms with Crippen molar-refractivity contribution in [1.82, 2.24) is 20.8 Å². The van der Waals surface area contributed by atoms with Gasteiger partial charge in [-0.05, 0) is 6.07 Å². The molecule has 1 unspecified atom stereocenters. The van der Waals surface area contributed by atoms with Gasteiger partial charge in [0.25, 0.3) is 11.5 Å². The van der Waals surface area contributed by atoms with Gasteiger partial charge in [-0.15, -0.1) is 0 Å². The van der Waals surface area contributed by atoms with E-state index < -0.39 is 29.3 Å². The number of nitrogens with zero attached hydrogens (tertiary/aromatic N) is 1. The lowest BCUT2D eigenvalue weighted by Gasteiger charge is -2.07. The zero-order chi connectivity index (χ0) is 12.4. The standard InChI is InChI=1S/C9H8N4O4/c14-6-2-1-4(12-13-6)8(16)10-5-3-7(15)11-9(5)17/h1-2,5H,3H2,(H,10,16)(H,13,14)(H,11,15,17). The summed E-state index contributed by atoms with van der Waals surface area (Å²) in [5.41, 5.74) is -0.466. The summed E-state index contributed by atoms with van der Waals surface area (Å²) in [6.45, 7) is 0. The first kappa shape index (κ1) is 11.0. The van der Waals surface area contributed by atoms with Crippen molar-refractivity contribution >= 4 is 17.7 Å². The van der Waals surface area contributed by atoms with Gasteiger partial charge in [-0.3, -0.25) is 24.5 Å². The fourth-order valence-corrected chi connectivity index (χ4v) is 1.37. The largest absolute Gasteiger partial charge is 0.338 e. The Morgan fingerprint density at radius 2 is 2.12 bits per heavy atom. The predicted octanol–water partition coefficient (Wildman–Crippen LogP) is -2.09. The van der Waals surface area contributed by atoms with Gasteiger partial charge in [-0.2, -0.15) is 5.10 Å². The quantitative estimate of drug-likeness (QED) is 0.508. The minimum absolute atomic E-state index is 0.0308. The Morgan fingerprint density at radius 1 is 1.35 bits per heavy atom. The Hall–Kier alpha value is -2.51. The van der Waals surface area contributed by atoms with Crippen LogP contribution >= 0.6 is 0 Å². The number of hydrogen-bond donors (Lipinski definition) is 3. The molecule has 3 N–H and O–H groups in total. The lowest BCUT2D eigenvalue weighted by Crippen LogP contribution is -2.40. The molecule has 1 fully saturated rings. The number of imide groups is 1. The molecule has 8 heteroatoms. The molecule has 1 atom stereocenters. The Bertz CT molecular complexity index is 530. The maximum absolute atomic E-state index is 11.6. The second-order valence-corrected chi connectivity index (χ2v) is 3.45. The van der Waals surface area contributed by atoms with Crippen molar-refractivity contribution in [3.8, 4) is 0 Å². The molecule has 2 heterocycles. The number of nitrogens with one attached hydrogen (secondary N) is 3. The van der Waals surface area contributed by atoms with Crippen LogP contribution in [0.4, 0.5) is 0 Å². The number of rotatable bonds is 2. The molecule has 0 radical (unpaired) electrons. The number of carbonyl (C=O) groups excluding carboxylic acids is 3. The normalized spacial score (nSPS) is 18.9. The summed E-state index contributed by atoms with van der Waals surface area (Å²) in [4.78, 5) is 44.4. The lowest BCUT2D eigenvalue weighted by molar-refractivity contribution is -0.125. The topological polar surface area (TPSA) is 121 Å². The van der Waals surface area contributed by atoms with E-state index in [0.717, 1.165) is 6.07 Å². The molecule has 1 aromatic heterocycles. The number of hydrogen-bond acceptors (Lipinski definition) is 5. The van der Waals surface area contributed by atoms with Gasteiger partial charge in [0.1, 0.15) is 11.7 Å². The molecule has 1 aliphatic rings. The van der Waals surface area contributed by atoms with Crippen molar-refractivity contribution in [3.63, 3.8) is 0 Å². The molecule has 0 bridgehead atoms. The number of aromatic amines is 1. The molecular formula is C9H8N4O4. The van der Waals surface area contributed by atoms with Crippen molar-refractivity contribution in [3.05, 3.63) is 28.2 Å². The van der Waals surface area contributed by atoms with Crippen molar-refractivity contribution in [1.29, 1.82) is 0 Å². The molecule has 1 aliphatic heterocycles. The molecule has 2 rings (SSSR count). The summed E-state index contributed by atoms with van der Waals surface area (Å²) >= 11 is 0. The first-order valence-electron chi connectivity index (χ1n) is 4.76. The van der Waals surface area contributed by atoms with Gasteiger partial charge >= 0.3 is 0 Å². The van der Waals surface area contributed by atoms with Crippen molar-refractivity contribution in [2.24, 2.45) is 0 Å². The van der Waals surface area contributed by atoms with Crippen LogP contribution in [0.1, 0.15) is 16.9 Å². The fraction of sp³-hybridized carbons (Fsp3) is 0.222. The van der Waals surface area contributed by atoms with Gasteiger partial charge in [-0.1, -0.05) is 0 Å². The summed E-state index contributed by atoms with van der Waals surface area (Å²) in [6, 6.07) is 1.48. The number of H-pyrrole nitrogens is 1. The first-order valence-corrected chi connectivity index (χ1v) is 4.76.